The summed E-state index contributed by atoms with van der Waals surface area (Å²) in [4.78, 5) is 12.1. The number of aliphatic hydroxyl groups is 1. The third-order valence-electron chi connectivity index (χ3n) is 5.69. The van der Waals surface area contributed by atoms with E-state index < -0.39 is 0 Å². The number of nitrogens with zero attached hydrogens (tertiary/aromatic N) is 4. The number of allylic oxidation sites excluding steroid dienone is 1. The van der Waals surface area contributed by atoms with Gasteiger partial charge >= 0.3 is 0 Å². The van der Waals surface area contributed by atoms with Gasteiger partial charge in [-0.3, -0.25) is 4.90 Å². The molecule has 2 aromatic carbocycles. The molecule has 0 radical (unpaired) electrons. The van der Waals surface area contributed by atoms with E-state index in [-0.39, 0.29) is 17.4 Å². The molecular weight excluding hydrogens is 378 g/mol. The Bertz CT molecular complexity index is 1060. The van der Waals surface area contributed by atoms with Crippen molar-refractivity contribution in [3.05, 3.63) is 60.1 Å². The SMILES string of the molecule is COc1ccc(N2CCN([C@H](C)/C(O)=C(\C#N)c3nc4ccccc4[nH]3)CC2)cc1. The van der Waals surface area contributed by atoms with E-state index in [1.54, 1.807) is 7.11 Å². The molecule has 1 aromatic heterocycles. The molecule has 1 aliphatic heterocycles. The summed E-state index contributed by atoms with van der Waals surface area (Å²) in [7, 11) is 1.66. The van der Waals surface area contributed by atoms with Crippen LogP contribution in [0.15, 0.2) is 54.3 Å². The number of anilines is 1. The van der Waals surface area contributed by atoms with Crippen LogP contribution in [0.25, 0.3) is 16.6 Å². The van der Waals surface area contributed by atoms with Gasteiger partial charge in [-0.1, -0.05) is 12.1 Å². The zero-order valence-electron chi connectivity index (χ0n) is 17.2. The van der Waals surface area contributed by atoms with Gasteiger partial charge in [0.1, 0.15) is 23.2 Å². The lowest BCUT2D eigenvalue weighted by atomic mass is 10.1. The third kappa shape index (κ3) is 3.82. The van der Waals surface area contributed by atoms with Crippen molar-refractivity contribution < 1.29 is 9.84 Å². The minimum atomic E-state index is -0.272. The number of fused-ring (bicyclic) bond motifs is 1. The Labute approximate surface area is 175 Å². The highest BCUT2D eigenvalue weighted by Gasteiger charge is 2.26. The van der Waals surface area contributed by atoms with E-state index in [0.717, 1.165) is 48.6 Å². The minimum Gasteiger partial charge on any atom is -0.509 e. The van der Waals surface area contributed by atoms with Gasteiger partial charge in [-0.25, -0.2) is 4.98 Å². The first-order valence-electron chi connectivity index (χ1n) is 10.0. The lowest BCUT2D eigenvalue weighted by Gasteiger charge is -2.39. The van der Waals surface area contributed by atoms with Gasteiger partial charge in [-0.15, -0.1) is 0 Å². The number of hydrogen-bond donors (Lipinski definition) is 2. The number of imidazole rings is 1. The standard InChI is InChI=1S/C23H25N5O2/c1-16(22(29)19(15-24)23-25-20-5-3-4-6-21(20)26-23)27-11-13-28(14-12-27)17-7-9-18(30-2)10-8-17/h3-10,16,29H,11-14H2,1-2H3,(H,25,26)/b22-19-/t16-/m1/s1. The maximum atomic E-state index is 10.9. The number of hydrogen-bond acceptors (Lipinski definition) is 6. The van der Waals surface area contributed by atoms with Crippen LogP contribution in [0.3, 0.4) is 0 Å². The number of piperazine rings is 1. The smallest absolute Gasteiger partial charge is 0.152 e. The van der Waals surface area contributed by atoms with E-state index in [4.69, 9.17) is 4.74 Å². The molecular formula is C23H25N5O2. The van der Waals surface area contributed by atoms with Crippen LogP contribution in [0, 0.1) is 11.3 Å². The summed E-state index contributed by atoms with van der Waals surface area (Å²) >= 11 is 0. The van der Waals surface area contributed by atoms with Crippen molar-refractivity contribution in [2.75, 3.05) is 38.2 Å². The van der Waals surface area contributed by atoms with E-state index >= 15 is 0 Å². The van der Waals surface area contributed by atoms with Crippen LogP contribution in [0.2, 0.25) is 0 Å². The Kier molecular flexibility index (Phi) is 5.59. The molecule has 1 aliphatic rings. The van der Waals surface area contributed by atoms with E-state index in [0.29, 0.717) is 5.82 Å². The van der Waals surface area contributed by atoms with Gasteiger partial charge in [0.15, 0.2) is 5.82 Å². The number of nitrogens with one attached hydrogen (secondary N) is 1. The molecule has 1 saturated heterocycles. The Morgan fingerprint density at radius 3 is 2.47 bits per heavy atom. The van der Waals surface area contributed by atoms with Crippen LogP contribution in [0.5, 0.6) is 5.75 Å². The second kappa shape index (κ2) is 8.47. The van der Waals surface area contributed by atoms with Gasteiger partial charge in [-0.05, 0) is 43.3 Å². The third-order valence-corrected chi connectivity index (χ3v) is 5.69. The van der Waals surface area contributed by atoms with Crippen molar-refractivity contribution in [1.29, 1.82) is 5.26 Å². The van der Waals surface area contributed by atoms with Gasteiger partial charge < -0.3 is 19.7 Å². The van der Waals surface area contributed by atoms with Crippen LogP contribution in [-0.4, -0.2) is 59.3 Å². The Morgan fingerprint density at radius 1 is 1.13 bits per heavy atom. The molecule has 0 saturated carbocycles. The Morgan fingerprint density at radius 2 is 1.83 bits per heavy atom. The van der Waals surface area contributed by atoms with Crippen molar-refractivity contribution in [3.8, 4) is 11.8 Å². The molecule has 1 atom stereocenters. The Hall–Kier alpha value is -3.50. The quantitative estimate of drug-likeness (QED) is 0.500. The van der Waals surface area contributed by atoms with Gasteiger partial charge in [-0.2, -0.15) is 5.26 Å². The topological polar surface area (TPSA) is 88.4 Å². The van der Waals surface area contributed by atoms with Crippen LogP contribution in [0.1, 0.15) is 12.7 Å². The maximum Gasteiger partial charge on any atom is 0.152 e. The summed E-state index contributed by atoms with van der Waals surface area (Å²) in [6.45, 7) is 5.19. The lowest BCUT2D eigenvalue weighted by Crippen LogP contribution is -2.50. The van der Waals surface area contributed by atoms with Crippen molar-refractivity contribution in [1.82, 2.24) is 14.9 Å². The van der Waals surface area contributed by atoms with Gasteiger partial charge in [0.25, 0.3) is 0 Å². The van der Waals surface area contributed by atoms with Crippen LogP contribution < -0.4 is 9.64 Å². The summed E-state index contributed by atoms with van der Waals surface area (Å²) in [5.41, 5.74) is 2.96. The Balaban J connectivity index is 1.48. The summed E-state index contributed by atoms with van der Waals surface area (Å²) in [6.07, 6.45) is 0. The van der Waals surface area contributed by atoms with E-state index in [1.165, 1.54) is 0 Å². The highest BCUT2D eigenvalue weighted by Crippen LogP contribution is 2.25. The molecule has 0 unspecified atom stereocenters. The normalized spacial score (nSPS) is 16.8. The van der Waals surface area contributed by atoms with E-state index in [1.807, 2.05) is 43.3 Å². The number of methoxy groups -OCH3 is 1. The zero-order chi connectivity index (χ0) is 21.1. The number of H-pyrrole nitrogens is 1. The largest absolute Gasteiger partial charge is 0.509 e. The van der Waals surface area contributed by atoms with E-state index in [2.05, 4.69) is 38.0 Å². The first-order chi connectivity index (χ1) is 14.6. The molecule has 4 rings (SSSR count). The number of ether oxygens (including phenoxy) is 1. The summed E-state index contributed by atoms with van der Waals surface area (Å²) in [6, 6.07) is 17.5. The number of rotatable bonds is 5. The average molecular weight is 403 g/mol. The van der Waals surface area contributed by atoms with Gasteiger partial charge in [0, 0.05) is 31.9 Å². The number of nitriles is 1. The van der Waals surface area contributed by atoms with Crippen LogP contribution in [-0.2, 0) is 0 Å². The molecule has 30 heavy (non-hydrogen) atoms. The summed E-state index contributed by atoms with van der Waals surface area (Å²) in [5, 5.41) is 20.6. The number of para-hydroxylation sites is 2. The van der Waals surface area contributed by atoms with Crippen molar-refractivity contribution >= 4 is 22.3 Å². The highest BCUT2D eigenvalue weighted by atomic mass is 16.5. The second-order valence-corrected chi connectivity index (χ2v) is 7.37. The second-order valence-electron chi connectivity index (χ2n) is 7.37. The zero-order valence-corrected chi connectivity index (χ0v) is 17.2. The first kappa shape index (κ1) is 19.8. The molecule has 1 fully saturated rings. The molecule has 0 bridgehead atoms. The summed E-state index contributed by atoms with van der Waals surface area (Å²) in [5.74, 6) is 1.30. The minimum absolute atomic E-state index is 0.0504. The molecule has 154 valence electrons. The fourth-order valence-electron chi connectivity index (χ4n) is 3.85. The molecule has 7 nitrogen and oxygen atoms in total. The highest BCUT2D eigenvalue weighted by molar-refractivity contribution is 5.83. The van der Waals surface area contributed by atoms with Crippen LogP contribution >= 0.6 is 0 Å². The fourth-order valence-corrected chi connectivity index (χ4v) is 3.85. The molecule has 2 heterocycles. The molecule has 2 N–H and O–H groups in total. The molecule has 7 heteroatoms. The van der Waals surface area contributed by atoms with Crippen molar-refractivity contribution in [3.63, 3.8) is 0 Å². The van der Waals surface area contributed by atoms with Crippen molar-refractivity contribution in [2.24, 2.45) is 0 Å². The number of aromatic amines is 1. The van der Waals surface area contributed by atoms with Gasteiger partial charge in [0.2, 0.25) is 0 Å². The van der Waals surface area contributed by atoms with Gasteiger partial charge in [0.05, 0.1) is 24.2 Å². The van der Waals surface area contributed by atoms with Crippen LogP contribution in [0.4, 0.5) is 5.69 Å². The summed E-state index contributed by atoms with van der Waals surface area (Å²) < 4.78 is 5.23. The average Bonchev–Trinajstić information content (AvgIpc) is 3.23. The monoisotopic (exact) mass is 403 g/mol. The molecule has 3 aromatic rings. The predicted molar refractivity (Wildman–Crippen MR) is 117 cm³/mol. The molecule has 0 amide bonds. The number of aliphatic hydroxyl groups excluding tert-OH is 1. The predicted octanol–water partition coefficient (Wildman–Crippen LogP) is 3.57. The number of benzene rings is 2. The van der Waals surface area contributed by atoms with Crippen molar-refractivity contribution in [2.45, 2.75) is 13.0 Å². The lowest BCUT2D eigenvalue weighted by molar-refractivity contribution is 0.178. The first-order valence-corrected chi connectivity index (χ1v) is 10.0. The maximum absolute atomic E-state index is 10.9. The molecule has 0 spiro atoms. The number of aromatic nitrogens is 2. The fraction of sp³-hybridized carbons (Fsp3) is 0.304. The molecule has 0 aliphatic carbocycles. The van der Waals surface area contributed by atoms with E-state index in [9.17, 15) is 10.4 Å².